The van der Waals surface area contributed by atoms with Gasteiger partial charge in [0.25, 0.3) is 0 Å². The fourth-order valence-corrected chi connectivity index (χ4v) is 2.34. The Bertz CT molecular complexity index is 582. The third-order valence-electron chi connectivity index (χ3n) is 2.68. The van der Waals surface area contributed by atoms with E-state index in [1.165, 1.54) is 5.56 Å². The topological polar surface area (TPSA) is 39.6 Å². The van der Waals surface area contributed by atoms with E-state index in [-0.39, 0.29) is 5.41 Å². The molecule has 0 fully saturated rings. The lowest BCUT2D eigenvalue weighted by Crippen LogP contribution is -2.11. The summed E-state index contributed by atoms with van der Waals surface area (Å²) in [6.07, 6.45) is 1.77. The summed E-state index contributed by atoms with van der Waals surface area (Å²) in [6, 6.07) is 6.30. The largest absolute Gasteiger partial charge is 0.360 e. The first-order valence-corrected chi connectivity index (χ1v) is 5.94. The van der Waals surface area contributed by atoms with Crippen molar-refractivity contribution in [3.63, 3.8) is 0 Å². The van der Waals surface area contributed by atoms with E-state index in [0.717, 1.165) is 15.4 Å². The van der Waals surface area contributed by atoms with Gasteiger partial charge in [0.05, 0.1) is 11.1 Å². The standard InChI is InChI=1S/C13H13BrN2/c1-13(2,3)11-5-9(14)4-10-8(6-15)7-16-12(10)11/h4-5,7,16H,1-3H3. The van der Waals surface area contributed by atoms with E-state index >= 15 is 0 Å². The van der Waals surface area contributed by atoms with Crippen LogP contribution in [-0.4, -0.2) is 4.98 Å². The Morgan fingerprint density at radius 3 is 2.56 bits per heavy atom. The number of nitrogens with zero attached hydrogens (tertiary/aromatic N) is 1. The van der Waals surface area contributed by atoms with Gasteiger partial charge in [-0.2, -0.15) is 5.26 Å². The summed E-state index contributed by atoms with van der Waals surface area (Å²) < 4.78 is 1.01. The molecule has 2 nitrogen and oxygen atoms in total. The van der Waals surface area contributed by atoms with Gasteiger partial charge in [-0.15, -0.1) is 0 Å². The molecule has 0 bridgehead atoms. The van der Waals surface area contributed by atoms with Crippen LogP contribution in [0.2, 0.25) is 0 Å². The third-order valence-corrected chi connectivity index (χ3v) is 3.14. The monoisotopic (exact) mass is 276 g/mol. The average molecular weight is 277 g/mol. The molecule has 1 aromatic heterocycles. The summed E-state index contributed by atoms with van der Waals surface area (Å²) in [7, 11) is 0. The van der Waals surface area contributed by atoms with E-state index in [4.69, 9.17) is 5.26 Å². The lowest BCUT2D eigenvalue weighted by atomic mass is 9.85. The predicted octanol–water partition coefficient (Wildman–Crippen LogP) is 4.10. The number of aromatic nitrogens is 1. The van der Waals surface area contributed by atoms with Crippen LogP contribution in [-0.2, 0) is 5.41 Å². The highest BCUT2D eigenvalue weighted by atomic mass is 79.9. The quantitative estimate of drug-likeness (QED) is 0.773. The first-order chi connectivity index (χ1) is 7.43. The molecule has 1 N–H and O–H groups in total. The normalized spacial score (nSPS) is 11.7. The molecule has 0 radical (unpaired) electrons. The number of fused-ring (bicyclic) bond motifs is 1. The molecule has 0 atom stereocenters. The van der Waals surface area contributed by atoms with Crippen LogP contribution in [0.15, 0.2) is 22.8 Å². The molecule has 0 saturated carbocycles. The average Bonchev–Trinajstić information content (AvgIpc) is 2.57. The second-order valence-electron chi connectivity index (χ2n) is 4.94. The van der Waals surface area contributed by atoms with Gasteiger partial charge in [-0.1, -0.05) is 36.7 Å². The molecule has 0 saturated heterocycles. The summed E-state index contributed by atoms with van der Waals surface area (Å²) in [5, 5.41) is 10.0. The van der Waals surface area contributed by atoms with Crippen molar-refractivity contribution in [1.82, 2.24) is 4.98 Å². The molecule has 2 rings (SSSR count). The zero-order valence-electron chi connectivity index (χ0n) is 9.56. The van der Waals surface area contributed by atoms with Gasteiger partial charge in [-0.3, -0.25) is 0 Å². The van der Waals surface area contributed by atoms with Gasteiger partial charge in [-0.25, -0.2) is 0 Å². The number of H-pyrrole nitrogens is 1. The number of halogens is 1. The predicted molar refractivity (Wildman–Crippen MR) is 69.4 cm³/mol. The fourth-order valence-electron chi connectivity index (χ4n) is 1.88. The van der Waals surface area contributed by atoms with Crippen molar-refractivity contribution < 1.29 is 0 Å². The number of hydrogen-bond acceptors (Lipinski definition) is 1. The molecule has 3 heteroatoms. The molecule has 0 unspecified atom stereocenters. The van der Waals surface area contributed by atoms with Gasteiger partial charge < -0.3 is 4.98 Å². The Hall–Kier alpha value is -1.27. The number of nitrogens with one attached hydrogen (secondary N) is 1. The van der Waals surface area contributed by atoms with E-state index in [1.807, 2.05) is 6.07 Å². The number of rotatable bonds is 0. The number of nitriles is 1. The third kappa shape index (κ3) is 1.74. The van der Waals surface area contributed by atoms with Gasteiger partial charge in [0.15, 0.2) is 0 Å². The molecule has 1 aromatic carbocycles. The summed E-state index contributed by atoms with van der Waals surface area (Å²) in [5.74, 6) is 0. The van der Waals surface area contributed by atoms with Crippen LogP contribution in [0.3, 0.4) is 0 Å². The molecule has 16 heavy (non-hydrogen) atoms. The molecule has 82 valence electrons. The Morgan fingerprint density at radius 2 is 2.00 bits per heavy atom. The minimum Gasteiger partial charge on any atom is -0.360 e. The van der Waals surface area contributed by atoms with Crippen molar-refractivity contribution in [2.45, 2.75) is 26.2 Å². The zero-order chi connectivity index (χ0) is 11.9. The number of benzene rings is 1. The lowest BCUT2D eigenvalue weighted by molar-refractivity contribution is 0.594. The van der Waals surface area contributed by atoms with E-state index in [1.54, 1.807) is 6.20 Å². The summed E-state index contributed by atoms with van der Waals surface area (Å²) >= 11 is 3.50. The molecule has 0 aliphatic carbocycles. The SMILES string of the molecule is CC(C)(C)c1cc(Br)cc2c(C#N)c[nH]c12. The van der Waals surface area contributed by atoms with Crippen LogP contribution in [0, 0.1) is 11.3 Å². The van der Waals surface area contributed by atoms with Crippen molar-refractivity contribution in [3.05, 3.63) is 33.9 Å². The Labute approximate surface area is 103 Å². The molecule has 0 amide bonds. The molecular weight excluding hydrogens is 264 g/mol. The number of hydrogen-bond donors (Lipinski definition) is 1. The first kappa shape index (κ1) is 11.2. The number of aromatic amines is 1. The highest BCUT2D eigenvalue weighted by molar-refractivity contribution is 9.10. The smallest absolute Gasteiger partial charge is 0.101 e. The van der Waals surface area contributed by atoms with E-state index in [0.29, 0.717) is 5.56 Å². The van der Waals surface area contributed by atoms with Crippen LogP contribution < -0.4 is 0 Å². The molecule has 2 aromatic rings. The second-order valence-corrected chi connectivity index (χ2v) is 5.86. The van der Waals surface area contributed by atoms with E-state index in [2.05, 4.69) is 53.8 Å². The van der Waals surface area contributed by atoms with Gasteiger partial charge >= 0.3 is 0 Å². The molecular formula is C13H13BrN2. The van der Waals surface area contributed by atoms with E-state index < -0.39 is 0 Å². The van der Waals surface area contributed by atoms with Gasteiger partial charge in [0.1, 0.15) is 6.07 Å². The summed E-state index contributed by atoms with van der Waals surface area (Å²) in [6.45, 7) is 6.50. The van der Waals surface area contributed by atoms with Gasteiger partial charge in [0.2, 0.25) is 0 Å². The Balaban J connectivity index is 2.86. The highest BCUT2D eigenvalue weighted by Crippen LogP contribution is 2.33. The highest BCUT2D eigenvalue weighted by Gasteiger charge is 2.19. The van der Waals surface area contributed by atoms with Crippen LogP contribution in [0.25, 0.3) is 10.9 Å². The van der Waals surface area contributed by atoms with Crippen molar-refractivity contribution in [2.24, 2.45) is 0 Å². The first-order valence-electron chi connectivity index (χ1n) is 5.14. The van der Waals surface area contributed by atoms with Crippen LogP contribution in [0.5, 0.6) is 0 Å². The molecule has 0 aliphatic heterocycles. The Morgan fingerprint density at radius 1 is 1.31 bits per heavy atom. The maximum absolute atomic E-state index is 9.02. The van der Waals surface area contributed by atoms with Crippen molar-refractivity contribution in [3.8, 4) is 6.07 Å². The van der Waals surface area contributed by atoms with Crippen LogP contribution >= 0.6 is 15.9 Å². The maximum Gasteiger partial charge on any atom is 0.101 e. The zero-order valence-corrected chi connectivity index (χ0v) is 11.1. The summed E-state index contributed by atoms with van der Waals surface area (Å²) in [4.78, 5) is 3.20. The van der Waals surface area contributed by atoms with E-state index in [9.17, 15) is 0 Å². The molecule has 0 spiro atoms. The fraction of sp³-hybridized carbons (Fsp3) is 0.308. The second kappa shape index (κ2) is 3.64. The van der Waals surface area contributed by atoms with Crippen LogP contribution in [0.1, 0.15) is 31.9 Å². The minimum atomic E-state index is 0.0552. The minimum absolute atomic E-state index is 0.0552. The van der Waals surface area contributed by atoms with Crippen molar-refractivity contribution >= 4 is 26.8 Å². The van der Waals surface area contributed by atoms with Crippen LogP contribution in [0.4, 0.5) is 0 Å². The maximum atomic E-state index is 9.02. The summed E-state index contributed by atoms with van der Waals surface area (Å²) in [5.41, 5.74) is 3.03. The Kier molecular flexibility index (Phi) is 2.55. The van der Waals surface area contributed by atoms with Crippen molar-refractivity contribution in [1.29, 1.82) is 5.26 Å². The lowest BCUT2D eigenvalue weighted by Gasteiger charge is -2.20. The van der Waals surface area contributed by atoms with Crippen molar-refractivity contribution in [2.75, 3.05) is 0 Å². The van der Waals surface area contributed by atoms with Gasteiger partial charge in [-0.05, 0) is 23.1 Å². The molecule has 0 aliphatic rings. The molecule has 1 heterocycles. The van der Waals surface area contributed by atoms with Gasteiger partial charge in [0, 0.05) is 16.1 Å².